The van der Waals surface area contributed by atoms with Gasteiger partial charge in [0.05, 0.1) is 14.2 Å². The minimum absolute atomic E-state index is 0.00184. The first-order valence-corrected chi connectivity index (χ1v) is 9.04. The Morgan fingerprint density at radius 3 is 2.41 bits per heavy atom. The first kappa shape index (κ1) is 20.6. The lowest BCUT2D eigenvalue weighted by Crippen LogP contribution is -2.31. The van der Waals surface area contributed by atoms with E-state index in [0.717, 1.165) is 22.4 Å². The van der Waals surface area contributed by atoms with Crippen LogP contribution in [0.5, 0.6) is 17.2 Å². The van der Waals surface area contributed by atoms with Gasteiger partial charge in [-0.1, -0.05) is 26.0 Å². The highest BCUT2D eigenvalue weighted by atomic mass is 16.5. The smallest absolute Gasteiger partial charge is 0.260 e. The average molecular weight is 371 g/mol. The molecule has 1 amide bonds. The molecular formula is C22H29NO4. The van der Waals surface area contributed by atoms with Gasteiger partial charge < -0.3 is 19.1 Å². The first-order valence-electron chi connectivity index (χ1n) is 9.04. The van der Waals surface area contributed by atoms with Crippen molar-refractivity contribution >= 4 is 5.91 Å². The van der Waals surface area contributed by atoms with Crippen molar-refractivity contribution in [1.29, 1.82) is 0 Å². The number of hydrogen-bond acceptors (Lipinski definition) is 4. The topological polar surface area (TPSA) is 48.0 Å². The number of rotatable bonds is 8. The maximum Gasteiger partial charge on any atom is 0.260 e. The van der Waals surface area contributed by atoms with Crippen LogP contribution in [0.3, 0.4) is 0 Å². The number of methoxy groups -OCH3 is 2. The molecule has 2 rings (SSSR count). The maximum absolute atomic E-state index is 12.5. The predicted octanol–water partition coefficient (Wildman–Crippen LogP) is 4.17. The number of amides is 1. The van der Waals surface area contributed by atoms with Gasteiger partial charge in [-0.05, 0) is 42.2 Å². The second-order valence-corrected chi connectivity index (χ2v) is 6.91. The van der Waals surface area contributed by atoms with Crippen LogP contribution in [0.25, 0.3) is 0 Å². The van der Waals surface area contributed by atoms with E-state index in [4.69, 9.17) is 14.2 Å². The number of benzene rings is 2. The Labute approximate surface area is 161 Å². The SMILES string of the molecule is COc1ccc(CN(C)C(=O)COc2cc(C)ccc2C(C)C)c(OC)c1. The van der Waals surface area contributed by atoms with Crippen molar-refractivity contribution in [2.24, 2.45) is 0 Å². The molecule has 0 bridgehead atoms. The molecule has 0 N–H and O–H groups in total. The fourth-order valence-electron chi connectivity index (χ4n) is 2.82. The van der Waals surface area contributed by atoms with Gasteiger partial charge in [-0.15, -0.1) is 0 Å². The van der Waals surface area contributed by atoms with E-state index in [0.29, 0.717) is 24.0 Å². The quantitative estimate of drug-likeness (QED) is 0.699. The van der Waals surface area contributed by atoms with Crippen LogP contribution in [0.15, 0.2) is 36.4 Å². The van der Waals surface area contributed by atoms with Gasteiger partial charge in [-0.3, -0.25) is 4.79 Å². The molecule has 0 aliphatic heterocycles. The van der Waals surface area contributed by atoms with Crippen LogP contribution in [0.4, 0.5) is 0 Å². The molecule has 0 aliphatic carbocycles. The minimum atomic E-state index is -0.0934. The number of likely N-dealkylation sites (N-methyl/N-ethyl adjacent to an activating group) is 1. The summed E-state index contributed by atoms with van der Waals surface area (Å²) in [6.07, 6.45) is 0. The van der Waals surface area contributed by atoms with Gasteiger partial charge in [0.25, 0.3) is 5.91 Å². The van der Waals surface area contributed by atoms with Gasteiger partial charge in [-0.2, -0.15) is 0 Å². The number of aryl methyl sites for hydroxylation is 1. The van der Waals surface area contributed by atoms with Gasteiger partial charge in [0.2, 0.25) is 0 Å². The Hall–Kier alpha value is -2.69. The van der Waals surface area contributed by atoms with Crippen LogP contribution in [0, 0.1) is 6.92 Å². The summed E-state index contributed by atoms with van der Waals surface area (Å²) in [5.74, 6) is 2.42. The van der Waals surface area contributed by atoms with E-state index in [2.05, 4.69) is 26.0 Å². The summed E-state index contributed by atoms with van der Waals surface area (Å²) < 4.78 is 16.5. The summed E-state index contributed by atoms with van der Waals surface area (Å²) >= 11 is 0. The highest BCUT2D eigenvalue weighted by molar-refractivity contribution is 5.77. The lowest BCUT2D eigenvalue weighted by molar-refractivity contribution is -0.132. The molecule has 0 fully saturated rings. The molecule has 0 heterocycles. The van der Waals surface area contributed by atoms with E-state index < -0.39 is 0 Å². The summed E-state index contributed by atoms with van der Waals surface area (Å²) in [5, 5.41) is 0. The van der Waals surface area contributed by atoms with Gasteiger partial charge >= 0.3 is 0 Å². The lowest BCUT2D eigenvalue weighted by Gasteiger charge is -2.20. The van der Waals surface area contributed by atoms with Crippen LogP contribution in [-0.4, -0.2) is 38.7 Å². The minimum Gasteiger partial charge on any atom is -0.497 e. The van der Waals surface area contributed by atoms with Gasteiger partial charge in [0, 0.05) is 25.2 Å². The Morgan fingerprint density at radius 1 is 1.04 bits per heavy atom. The fourth-order valence-corrected chi connectivity index (χ4v) is 2.82. The third-order valence-corrected chi connectivity index (χ3v) is 4.47. The molecule has 27 heavy (non-hydrogen) atoms. The van der Waals surface area contributed by atoms with E-state index >= 15 is 0 Å². The van der Waals surface area contributed by atoms with E-state index in [1.54, 1.807) is 26.2 Å². The standard InChI is InChI=1S/C22H29NO4/c1-15(2)19-10-7-16(3)11-21(19)27-14-22(24)23(4)13-17-8-9-18(25-5)12-20(17)26-6/h7-12,15H,13-14H2,1-6H3. The summed E-state index contributed by atoms with van der Waals surface area (Å²) in [7, 11) is 4.97. The zero-order valence-corrected chi connectivity index (χ0v) is 17.0. The molecule has 0 unspecified atom stereocenters. The second kappa shape index (κ2) is 9.31. The monoisotopic (exact) mass is 371 g/mol. The number of carbonyl (C=O) groups is 1. The van der Waals surface area contributed by atoms with E-state index in [-0.39, 0.29) is 12.5 Å². The average Bonchev–Trinajstić information content (AvgIpc) is 2.65. The molecule has 0 aliphatic rings. The molecule has 0 radical (unpaired) electrons. The van der Waals surface area contributed by atoms with E-state index in [1.807, 2.05) is 31.2 Å². The molecule has 0 aromatic heterocycles. The summed E-state index contributed by atoms with van der Waals surface area (Å²) in [5.41, 5.74) is 3.12. The Morgan fingerprint density at radius 2 is 1.78 bits per heavy atom. The number of carbonyl (C=O) groups excluding carboxylic acids is 1. The first-order chi connectivity index (χ1) is 12.8. The molecular weight excluding hydrogens is 342 g/mol. The molecule has 146 valence electrons. The molecule has 2 aromatic carbocycles. The summed E-state index contributed by atoms with van der Waals surface area (Å²) in [6.45, 7) is 6.67. The van der Waals surface area contributed by atoms with E-state index in [1.165, 1.54) is 0 Å². The van der Waals surface area contributed by atoms with Crippen molar-refractivity contribution in [2.75, 3.05) is 27.9 Å². The van der Waals surface area contributed by atoms with Crippen molar-refractivity contribution in [3.05, 3.63) is 53.1 Å². The largest absolute Gasteiger partial charge is 0.497 e. The number of hydrogen-bond donors (Lipinski definition) is 0. The Bertz CT molecular complexity index is 786. The Balaban J connectivity index is 2.04. The highest BCUT2D eigenvalue weighted by Gasteiger charge is 2.15. The molecule has 0 saturated carbocycles. The van der Waals surface area contributed by atoms with Crippen LogP contribution in [0.1, 0.15) is 36.5 Å². The normalized spacial score (nSPS) is 10.6. The maximum atomic E-state index is 12.5. The van der Waals surface area contributed by atoms with Crippen LogP contribution < -0.4 is 14.2 Å². The summed E-state index contributed by atoms with van der Waals surface area (Å²) in [6, 6.07) is 11.7. The molecule has 2 aromatic rings. The third-order valence-electron chi connectivity index (χ3n) is 4.47. The zero-order chi connectivity index (χ0) is 20.0. The van der Waals surface area contributed by atoms with Crippen molar-refractivity contribution in [2.45, 2.75) is 33.2 Å². The molecule has 0 spiro atoms. The lowest BCUT2D eigenvalue weighted by atomic mass is 10.0. The number of nitrogens with zero attached hydrogens (tertiary/aromatic N) is 1. The summed E-state index contributed by atoms with van der Waals surface area (Å²) in [4.78, 5) is 14.2. The molecule has 5 heteroatoms. The van der Waals surface area contributed by atoms with Gasteiger partial charge in [-0.25, -0.2) is 0 Å². The molecule has 0 atom stereocenters. The highest BCUT2D eigenvalue weighted by Crippen LogP contribution is 2.28. The number of ether oxygens (including phenoxy) is 3. The van der Waals surface area contributed by atoms with Crippen molar-refractivity contribution in [3.8, 4) is 17.2 Å². The third kappa shape index (κ3) is 5.39. The van der Waals surface area contributed by atoms with Gasteiger partial charge in [0.1, 0.15) is 17.2 Å². The van der Waals surface area contributed by atoms with Crippen LogP contribution in [-0.2, 0) is 11.3 Å². The predicted molar refractivity (Wildman–Crippen MR) is 107 cm³/mol. The molecule has 0 saturated heterocycles. The van der Waals surface area contributed by atoms with Crippen molar-refractivity contribution in [1.82, 2.24) is 4.90 Å². The van der Waals surface area contributed by atoms with Crippen molar-refractivity contribution < 1.29 is 19.0 Å². The van der Waals surface area contributed by atoms with E-state index in [9.17, 15) is 4.79 Å². The zero-order valence-electron chi connectivity index (χ0n) is 17.0. The Kier molecular flexibility index (Phi) is 7.11. The van der Waals surface area contributed by atoms with Crippen molar-refractivity contribution in [3.63, 3.8) is 0 Å². The van der Waals surface area contributed by atoms with Gasteiger partial charge in [0.15, 0.2) is 6.61 Å². The second-order valence-electron chi connectivity index (χ2n) is 6.91. The molecule has 5 nitrogen and oxygen atoms in total. The fraction of sp³-hybridized carbons (Fsp3) is 0.409. The van der Waals surface area contributed by atoms with Crippen LogP contribution in [0.2, 0.25) is 0 Å². The van der Waals surface area contributed by atoms with Crippen LogP contribution >= 0.6 is 0 Å².